The van der Waals surface area contributed by atoms with E-state index in [1.54, 1.807) is 7.11 Å². The molecule has 1 heterocycles. The number of benzene rings is 2. The average Bonchev–Trinajstić information content (AvgIpc) is 2.81. The van der Waals surface area contributed by atoms with Crippen LogP contribution in [0.5, 0.6) is 0 Å². The monoisotopic (exact) mass is 448 g/mol. The van der Waals surface area contributed by atoms with E-state index in [-0.39, 0.29) is 11.9 Å². The highest BCUT2D eigenvalue weighted by Crippen LogP contribution is 2.33. The Morgan fingerprint density at radius 3 is 2.62 bits per heavy atom. The highest BCUT2D eigenvalue weighted by Gasteiger charge is 2.33. The standard InChI is InChI=1S/C24H31F3N4O/c1-30-12-13-31(16-20(30)9-6-14-32-2)23(28)21-15-18(24(26,27)17-25)10-11-22(21)29-19-7-4-3-5-8-19/h3-5,7-8,10-11,15,20,28-29H,6,9,12-14,16-17H2,1-2H3. The number of hydrogen-bond acceptors (Lipinski definition) is 4. The van der Waals surface area contributed by atoms with Crippen LogP contribution in [0.4, 0.5) is 24.5 Å². The van der Waals surface area contributed by atoms with Gasteiger partial charge in [0, 0.05) is 61.9 Å². The molecule has 32 heavy (non-hydrogen) atoms. The second-order valence-corrected chi connectivity index (χ2v) is 8.15. The molecule has 1 unspecified atom stereocenters. The van der Waals surface area contributed by atoms with Crippen LogP contribution < -0.4 is 5.32 Å². The van der Waals surface area contributed by atoms with E-state index in [1.165, 1.54) is 18.2 Å². The molecule has 0 aromatic heterocycles. The number of para-hydroxylation sites is 1. The van der Waals surface area contributed by atoms with Crippen molar-refractivity contribution in [2.45, 2.75) is 24.8 Å². The highest BCUT2D eigenvalue weighted by molar-refractivity contribution is 6.02. The summed E-state index contributed by atoms with van der Waals surface area (Å²) in [7, 11) is 3.73. The van der Waals surface area contributed by atoms with Crippen molar-refractivity contribution >= 4 is 17.2 Å². The lowest BCUT2D eigenvalue weighted by molar-refractivity contribution is -0.0280. The Bertz CT molecular complexity index is 894. The minimum atomic E-state index is -3.59. The Hall–Kier alpha value is -2.58. The molecule has 2 aromatic rings. The molecule has 1 aliphatic heterocycles. The molecule has 0 aliphatic carbocycles. The van der Waals surface area contributed by atoms with E-state index in [1.807, 2.05) is 35.2 Å². The van der Waals surface area contributed by atoms with E-state index < -0.39 is 18.2 Å². The zero-order chi connectivity index (χ0) is 23.1. The first-order valence-electron chi connectivity index (χ1n) is 10.8. The van der Waals surface area contributed by atoms with Gasteiger partial charge in [-0.3, -0.25) is 10.3 Å². The molecule has 0 radical (unpaired) electrons. The van der Waals surface area contributed by atoms with E-state index in [2.05, 4.69) is 17.3 Å². The fraction of sp³-hybridized carbons (Fsp3) is 0.458. The maximum Gasteiger partial charge on any atom is 0.301 e. The van der Waals surface area contributed by atoms with Crippen molar-refractivity contribution in [1.82, 2.24) is 9.80 Å². The largest absolute Gasteiger partial charge is 0.385 e. The number of alkyl halides is 3. The number of likely N-dealkylation sites (N-methyl/N-ethyl adjacent to an activating group) is 1. The number of halogens is 3. The van der Waals surface area contributed by atoms with Gasteiger partial charge in [0.2, 0.25) is 0 Å². The number of nitrogens with zero attached hydrogens (tertiary/aromatic N) is 2. The Labute approximate surface area is 187 Å². The minimum Gasteiger partial charge on any atom is -0.385 e. The number of ether oxygens (including phenoxy) is 1. The quantitative estimate of drug-likeness (QED) is 0.327. The van der Waals surface area contributed by atoms with E-state index >= 15 is 0 Å². The van der Waals surface area contributed by atoms with Crippen LogP contribution in [0.3, 0.4) is 0 Å². The van der Waals surface area contributed by atoms with Gasteiger partial charge < -0.3 is 15.0 Å². The number of hydrogen-bond donors (Lipinski definition) is 2. The molecule has 8 heteroatoms. The van der Waals surface area contributed by atoms with Gasteiger partial charge in [-0.15, -0.1) is 0 Å². The lowest BCUT2D eigenvalue weighted by Crippen LogP contribution is -2.53. The first-order chi connectivity index (χ1) is 15.4. The molecule has 2 N–H and O–H groups in total. The molecule has 0 bridgehead atoms. The van der Waals surface area contributed by atoms with E-state index in [9.17, 15) is 13.2 Å². The normalized spacial score (nSPS) is 17.4. The molecule has 1 saturated heterocycles. The predicted octanol–water partition coefficient (Wildman–Crippen LogP) is 4.86. The predicted molar refractivity (Wildman–Crippen MR) is 122 cm³/mol. The Morgan fingerprint density at radius 1 is 1.19 bits per heavy atom. The molecular formula is C24H31F3N4O. The van der Waals surface area contributed by atoms with Crippen molar-refractivity contribution < 1.29 is 17.9 Å². The first kappa shape index (κ1) is 24.1. The number of piperazine rings is 1. The van der Waals surface area contributed by atoms with Crippen LogP contribution in [-0.4, -0.2) is 68.8 Å². The third kappa shape index (κ3) is 5.81. The Kier molecular flexibility index (Phi) is 8.15. The minimum absolute atomic E-state index is 0.157. The van der Waals surface area contributed by atoms with Crippen molar-refractivity contribution in [3.63, 3.8) is 0 Å². The van der Waals surface area contributed by atoms with Crippen LogP contribution >= 0.6 is 0 Å². The van der Waals surface area contributed by atoms with Gasteiger partial charge in [0.25, 0.3) is 0 Å². The van der Waals surface area contributed by atoms with Crippen LogP contribution in [0.2, 0.25) is 0 Å². The SMILES string of the molecule is COCCCC1CN(C(=N)c2cc(C(F)(F)CF)ccc2Nc2ccccc2)CCN1C. The lowest BCUT2D eigenvalue weighted by Gasteiger charge is -2.41. The molecule has 1 fully saturated rings. The number of methoxy groups -OCH3 is 1. The van der Waals surface area contributed by atoms with Crippen molar-refractivity contribution in [3.8, 4) is 0 Å². The summed E-state index contributed by atoms with van der Waals surface area (Å²) in [5, 5.41) is 12.1. The van der Waals surface area contributed by atoms with Gasteiger partial charge in [-0.25, -0.2) is 4.39 Å². The number of rotatable bonds is 9. The van der Waals surface area contributed by atoms with Crippen LogP contribution in [0, 0.1) is 5.41 Å². The molecule has 2 aromatic carbocycles. The molecule has 5 nitrogen and oxygen atoms in total. The summed E-state index contributed by atoms with van der Waals surface area (Å²) < 4.78 is 46.4. The lowest BCUT2D eigenvalue weighted by atomic mass is 10.0. The van der Waals surface area contributed by atoms with Gasteiger partial charge in [0.1, 0.15) is 5.84 Å². The molecular weight excluding hydrogens is 417 g/mol. The molecule has 174 valence electrons. The average molecular weight is 449 g/mol. The molecule has 0 spiro atoms. The second-order valence-electron chi connectivity index (χ2n) is 8.15. The van der Waals surface area contributed by atoms with Gasteiger partial charge in [-0.05, 0) is 44.2 Å². The Morgan fingerprint density at radius 2 is 1.94 bits per heavy atom. The third-order valence-electron chi connectivity index (χ3n) is 5.90. The maximum absolute atomic E-state index is 14.1. The second kappa shape index (κ2) is 10.8. The van der Waals surface area contributed by atoms with Crippen LogP contribution in [0.15, 0.2) is 48.5 Å². The molecule has 1 atom stereocenters. The number of anilines is 2. The number of nitrogens with one attached hydrogen (secondary N) is 2. The summed E-state index contributed by atoms with van der Waals surface area (Å²) >= 11 is 0. The summed E-state index contributed by atoms with van der Waals surface area (Å²) in [6.45, 7) is 0.897. The van der Waals surface area contributed by atoms with Gasteiger partial charge >= 0.3 is 5.92 Å². The summed E-state index contributed by atoms with van der Waals surface area (Å²) in [6.07, 6.45) is 1.83. The highest BCUT2D eigenvalue weighted by atomic mass is 19.3. The van der Waals surface area contributed by atoms with Crippen molar-refractivity contribution in [1.29, 1.82) is 5.41 Å². The fourth-order valence-corrected chi connectivity index (χ4v) is 3.93. The topological polar surface area (TPSA) is 51.6 Å². The molecule has 0 saturated carbocycles. The van der Waals surface area contributed by atoms with E-state index in [0.29, 0.717) is 30.9 Å². The van der Waals surface area contributed by atoms with Gasteiger partial charge in [-0.2, -0.15) is 8.78 Å². The zero-order valence-electron chi connectivity index (χ0n) is 18.6. The molecule has 0 amide bonds. The third-order valence-corrected chi connectivity index (χ3v) is 5.90. The van der Waals surface area contributed by atoms with Crippen molar-refractivity contribution in [2.75, 3.05) is 52.4 Å². The van der Waals surface area contributed by atoms with Gasteiger partial charge in [0.05, 0.1) is 0 Å². The molecule has 1 aliphatic rings. The number of amidine groups is 1. The van der Waals surface area contributed by atoms with Gasteiger partial charge in [-0.1, -0.05) is 24.3 Å². The van der Waals surface area contributed by atoms with Crippen LogP contribution in [-0.2, 0) is 10.7 Å². The summed E-state index contributed by atoms with van der Waals surface area (Å²) in [5.74, 6) is -3.43. The summed E-state index contributed by atoms with van der Waals surface area (Å²) in [5.41, 5.74) is 1.22. The molecule has 3 rings (SSSR count). The van der Waals surface area contributed by atoms with Crippen molar-refractivity contribution in [3.05, 3.63) is 59.7 Å². The van der Waals surface area contributed by atoms with E-state index in [0.717, 1.165) is 25.1 Å². The fourth-order valence-electron chi connectivity index (χ4n) is 3.93. The first-order valence-corrected chi connectivity index (χ1v) is 10.8. The smallest absolute Gasteiger partial charge is 0.301 e. The van der Waals surface area contributed by atoms with Crippen LogP contribution in [0.25, 0.3) is 0 Å². The summed E-state index contributed by atoms with van der Waals surface area (Å²) in [4.78, 5) is 4.18. The Balaban J connectivity index is 1.88. The summed E-state index contributed by atoms with van der Waals surface area (Å²) in [6, 6.07) is 13.5. The van der Waals surface area contributed by atoms with Gasteiger partial charge in [0.15, 0.2) is 6.67 Å². The van der Waals surface area contributed by atoms with Crippen molar-refractivity contribution in [2.24, 2.45) is 0 Å². The maximum atomic E-state index is 14.1. The zero-order valence-corrected chi connectivity index (χ0v) is 18.6. The van der Waals surface area contributed by atoms with Crippen LogP contribution in [0.1, 0.15) is 24.0 Å². The van der Waals surface area contributed by atoms with E-state index in [4.69, 9.17) is 10.1 Å².